The second kappa shape index (κ2) is 10.2. The molecule has 0 radical (unpaired) electrons. The van der Waals surface area contributed by atoms with Crippen LogP contribution >= 0.6 is 11.3 Å². The lowest BCUT2D eigenvalue weighted by Crippen LogP contribution is -2.14. The highest BCUT2D eigenvalue weighted by molar-refractivity contribution is 7.16. The van der Waals surface area contributed by atoms with Crippen LogP contribution < -0.4 is 14.8 Å². The van der Waals surface area contributed by atoms with E-state index in [4.69, 9.17) is 20.9 Å². The monoisotopic (exact) mass is 444 g/mol. The van der Waals surface area contributed by atoms with Crippen molar-refractivity contribution in [3.05, 3.63) is 70.1 Å². The first-order chi connectivity index (χ1) is 15.7. The van der Waals surface area contributed by atoms with Gasteiger partial charge in [0.15, 0.2) is 11.5 Å². The molecule has 0 saturated carbocycles. The summed E-state index contributed by atoms with van der Waals surface area (Å²) >= 11 is 1.59. The Bertz CT molecular complexity index is 1180. The summed E-state index contributed by atoms with van der Waals surface area (Å²) < 4.78 is 11.1. The van der Waals surface area contributed by atoms with Crippen LogP contribution in [0.2, 0.25) is 0 Å². The maximum atomic E-state index is 13.2. The number of para-hydroxylation sites is 2. The second-order valence-corrected chi connectivity index (χ2v) is 8.42. The highest BCUT2D eigenvalue weighted by Crippen LogP contribution is 2.40. The van der Waals surface area contributed by atoms with Crippen molar-refractivity contribution in [2.24, 2.45) is 4.99 Å². The molecule has 1 N–H and O–H groups in total. The first kappa shape index (κ1) is 21.7. The molecule has 6 heteroatoms. The number of hydrogen-bond donors (Lipinski definition) is 1. The summed E-state index contributed by atoms with van der Waals surface area (Å²) in [4.78, 5) is 19.2. The number of fused-ring (bicyclic) bond motifs is 1. The normalized spacial score (nSPS) is 12.8. The Hall–Kier alpha value is -3.56. The van der Waals surface area contributed by atoms with Crippen LogP contribution in [-0.2, 0) is 12.8 Å². The number of thiophene rings is 1. The van der Waals surface area contributed by atoms with Gasteiger partial charge in [-0.05, 0) is 55.5 Å². The molecule has 1 aliphatic carbocycles. The van der Waals surface area contributed by atoms with Crippen LogP contribution in [0.1, 0.15) is 39.2 Å². The van der Waals surface area contributed by atoms with E-state index in [0.717, 1.165) is 42.5 Å². The largest absolute Gasteiger partial charge is 0.493 e. The van der Waals surface area contributed by atoms with E-state index in [-0.39, 0.29) is 12.5 Å². The summed E-state index contributed by atoms with van der Waals surface area (Å²) in [5, 5.41) is 3.72. The molecule has 0 aliphatic heterocycles. The fraction of sp³-hybridized carbons (Fsp3) is 0.231. The van der Waals surface area contributed by atoms with Gasteiger partial charge in [-0.3, -0.25) is 4.79 Å². The molecule has 1 aromatic heterocycles. The van der Waals surface area contributed by atoms with Crippen LogP contribution in [0.4, 0.5) is 10.7 Å². The van der Waals surface area contributed by atoms with E-state index >= 15 is 0 Å². The maximum Gasteiger partial charge on any atom is 0.259 e. The SMILES string of the molecule is C#CCOc1c(/C=N/c2sc3c(c2C(=O)Nc2ccccc2)CCCC3)cccc1OC. The van der Waals surface area contributed by atoms with Gasteiger partial charge in [0.25, 0.3) is 5.91 Å². The highest BCUT2D eigenvalue weighted by Gasteiger charge is 2.25. The van der Waals surface area contributed by atoms with Crippen LogP contribution in [0, 0.1) is 12.3 Å². The molecule has 32 heavy (non-hydrogen) atoms. The van der Waals surface area contributed by atoms with Gasteiger partial charge in [0.05, 0.1) is 12.7 Å². The number of carbonyl (C=O) groups is 1. The lowest BCUT2D eigenvalue weighted by molar-refractivity contribution is 0.102. The van der Waals surface area contributed by atoms with Gasteiger partial charge in [-0.2, -0.15) is 0 Å². The van der Waals surface area contributed by atoms with Crippen LogP contribution in [0.25, 0.3) is 0 Å². The number of nitrogens with one attached hydrogen (secondary N) is 1. The Balaban J connectivity index is 1.70. The number of rotatable bonds is 7. The predicted molar refractivity (Wildman–Crippen MR) is 130 cm³/mol. The molecular formula is C26H24N2O3S. The number of ether oxygens (including phenoxy) is 2. The van der Waals surface area contributed by atoms with Gasteiger partial charge in [0.1, 0.15) is 11.6 Å². The Kier molecular flexibility index (Phi) is 6.88. The van der Waals surface area contributed by atoms with E-state index in [1.54, 1.807) is 24.7 Å². The maximum absolute atomic E-state index is 13.2. The molecule has 0 saturated heterocycles. The van der Waals surface area contributed by atoms with Crippen molar-refractivity contribution < 1.29 is 14.3 Å². The van der Waals surface area contributed by atoms with Crippen LogP contribution in [0.15, 0.2) is 53.5 Å². The summed E-state index contributed by atoms with van der Waals surface area (Å²) in [7, 11) is 1.58. The van der Waals surface area contributed by atoms with Crippen molar-refractivity contribution in [2.75, 3.05) is 19.0 Å². The van der Waals surface area contributed by atoms with E-state index in [9.17, 15) is 4.79 Å². The number of hydrogen-bond acceptors (Lipinski definition) is 5. The first-order valence-corrected chi connectivity index (χ1v) is 11.3. The van der Waals surface area contributed by atoms with Gasteiger partial charge >= 0.3 is 0 Å². The molecule has 5 nitrogen and oxygen atoms in total. The molecule has 1 amide bonds. The van der Waals surface area contributed by atoms with Crippen LogP contribution in [-0.4, -0.2) is 25.8 Å². The average molecular weight is 445 g/mol. The molecule has 2 aromatic carbocycles. The predicted octanol–water partition coefficient (Wildman–Crippen LogP) is 5.65. The van der Waals surface area contributed by atoms with Crippen LogP contribution in [0.5, 0.6) is 11.5 Å². The summed E-state index contributed by atoms with van der Waals surface area (Å²) in [5.41, 5.74) is 3.29. The molecule has 1 heterocycles. The third-order valence-electron chi connectivity index (χ3n) is 5.26. The minimum Gasteiger partial charge on any atom is -0.493 e. The number of nitrogens with zero attached hydrogens (tertiary/aromatic N) is 1. The van der Waals surface area contributed by atoms with Gasteiger partial charge in [-0.15, -0.1) is 17.8 Å². The van der Waals surface area contributed by atoms with Gasteiger partial charge < -0.3 is 14.8 Å². The minimum atomic E-state index is -0.128. The first-order valence-electron chi connectivity index (χ1n) is 10.5. The molecule has 0 bridgehead atoms. The van der Waals surface area contributed by atoms with E-state index in [2.05, 4.69) is 11.2 Å². The Morgan fingerprint density at radius 3 is 2.78 bits per heavy atom. The zero-order valence-corrected chi connectivity index (χ0v) is 18.7. The van der Waals surface area contributed by atoms with E-state index in [0.29, 0.717) is 22.1 Å². The summed E-state index contributed by atoms with van der Waals surface area (Å²) in [6.45, 7) is 0.124. The zero-order chi connectivity index (χ0) is 22.3. The summed E-state index contributed by atoms with van der Waals surface area (Å²) in [5.74, 6) is 3.46. The third-order valence-corrected chi connectivity index (χ3v) is 6.46. The summed E-state index contributed by atoms with van der Waals surface area (Å²) in [6, 6.07) is 15.0. The number of aryl methyl sites for hydroxylation is 1. The molecule has 1 aliphatic rings. The van der Waals surface area contributed by atoms with E-state index < -0.39 is 0 Å². The molecule has 0 fully saturated rings. The average Bonchev–Trinajstić information content (AvgIpc) is 3.20. The van der Waals surface area contributed by atoms with E-state index in [1.165, 1.54) is 4.88 Å². The third kappa shape index (κ3) is 4.68. The number of terminal acetylenes is 1. The van der Waals surface area contributed by atoms with Crippen molar-refractivity contribution in [1.29, 1.82) is 0 Å². The second-order valence-electron chi connectivity index (χ2n) is 7.34. The lowest BCUT2D eigenvalue weighted by atomic mass is 9.95. The molecule has 0 spiro atoms. The van der Waals surface area contributed by atoms with Gasteiger partial charge in [-0.25, -0.2) is 4.99 Å². The van der Waals surface area contributed by atoms with Crippen LogP contribution in [0.3, 0.4) is 0 Å². The van der Waals surface area contributed by atoms with Crippen molar-refractivity contribution in [2.45, 2.75) is 25.7 Å². The van der Waals surface area contributed by atoms with Gasteiger partial charge in [0.2, 0.25) is 0 Å². The number of benzene rings is 2. The van der Waals surface area contributed by atoms with Crippen molar-refractivity contribution in [3.8, 4) is 23.8 Å². The number of aliphatic imine (C=N–C) groups is 1. The fourth-order valence-electron chi connectivity index (χ4n) is 3.78. The Labute approximate surface area is 192 Å². The number of methoxy groups -OCH3 is 1. The van der Waals surface area contributed by atoms with Gasteiger partial charge in [0, 0.05) is 22.3 Å². The molecular weight excluding hydrogens is 420 g/mol. The quantitative estimate of drug-likeness (QED) is 0.378. The number of carbonyl (C=O) groups excluding carboxylic acids is 1. The smallest absolute Gasteiger partial charge is 0.259 e. The standard InChI is InChI=1S/C26H24N2O3S/c1-3-16-31-24-18(10-9-14-21(24)30-2)17-27-26-23(20-13-7-8-15-22(20)32-26)25(29)28-19-11-5-4-6-12-19/h1,4-6,9-12,14,17H,7-8,13,15-16H2,2H3,(H,28,29)/b27-17+. The topological polar surface area (TPSA) is 59.9 Å². The van der Waals surface area contributed by atoms with Crippen molar-refractivity contribution >= 4 is 34.1 Å². The highest BCUT2D eigenvalue weighted by atomic mass is 32.1. The number of amides is 1. The fourth-order valence-corrected chi connectivity index (χ4v) is 5.01. The Morgan fingerprint density at radius 1 is 1.19 bits per heavy atom. The molecule has 0 unspecified atom stereocenters. The lowest BCUT2D eigenvalue weighted by Gasteiger charge is -2.13. The summed E-state index contributed by atoms with van der Waals surface area (Å²) in [6.07, 6.45) is 11.2. The molecule has 0 atom stereocenters. The van der Waals surface area contributed by atoms with Crippen molar-refractivity contribution in [1.82, 2.24) is 0 Å². The number of anilines is 1. The Morgan fingerprint density at radius 2 is 2.00 bits per heavy atom. The molecule has 162 valence electrons. The zero-order valence-electron chi connectivity index (χ0n) is 17.9. The minimum absolute atomic E-state index is 0.124. The van der Waals surface area contributed by atoms with Gasteiger partial charge in [-0.1, -0.05) is 30.2 Å². The molecule has 4 rings (SSSR count). The van der Waals surface area contributed by atoms with Crippen molar-refractivity contribution in [3.63, 3.8) is 0 Å². The van der Waals surface area contributed by atoms with E-state index in [1.807, 2.05) is 48.5 Å². The molecule has 3 aromatic rings.